The van der Waals surface area contributed by atoms with E-state index in [1.165, 1.54) is 5.56 Å². The lowest BCUT2D eigenvalue weighted by atomic mass is 10.1. The summed E-state index contributed by atoms with van der Waals surface area (Å²) >= 11 is 0. The van der Waals surface area contributed by atoms with Gasteiger partial charge in [-0.15, -0.1) is 0 Å². The maximum absolute atomic E-state index is 12.4. The fourth-order valence-electron chi connectivity index (χ4n) is 2.75. The molecule has 5 nitrogen and oxygen atoms in total. The van der Waals surface area contributed by atoms with Gasteiger partial charge in [-0.1, -0.05) is 35.9 Å². The highest BCUT2D eigenvalue weighted by molar-refractivity contribution is 6.02. The quantitative estimate of drug-likeness (QED) is 0.743. The maximum atomic E-state index is 12.4. The van der Waals surface area contributed by atoms with E-state index in [0.29, 0.717) is 11.6 Å². The Morgan fingerprint density at radius 1 is 0.960 bits per heavy atom. The largest absolute Gasteiger partial charge is 0.324 e. The van der Waals surface area contributed by atoms with E-state index in [0.717, 1.165) is 22.5 Å². The van der Waals surface area contributed by atoms with Gasteiger partial charge in [0.15, 0.2) is 0 Å². The van der Waals surface area contributed by atoms with Gasteiger partial charge in [-0.25, -0.2) is 9.97 Å². The molecule has 0 fully saturated rings. The van der Waals surface area contributed by atoms with Crippen LogP contribution in [0.1, 0.15) is 27.2 Å². The molecule has 0 atom stereocenters. The highest BCUT2D eigenvalue weighted by Gasteiger charge is 2.11. The number of hydrogen-bond donors (Lipinski definition) is 2. The zero-order valence-electron chi connectivity index (χ0n) is 14.5. The minimum absolute atomic E-state index is 0.269. The number of carbonyl (C=O) groups excluding carboxylic acids is 1. The Hall–Kier alpha value is -3.21. The molecule has 1 amide bonds. The molecule has 0 saturated carbocycles. The second-order valence-corrected chi connectivity index (χ2v) is 5.98. The Morgan fingerprint density at radius 2 is 1.64 bits per heavy atom. The van der Waals surface area contributed by atoms with Crippen LogP contribution in [-0.2, 0) is 0 Å². The number of benzene rings is 2. The van der Waals surface area contributed by atoms with Crippen LogP contribution in [0.2, 0.25) is 0 Å². The smallest absolute Gasteiger partial charge is 0.274 e. The van der Waals surface area contributed by atoms with Crippen molar-refractivity contribution >= 4 is 23.2 Å². The van der Waals surface area contributed by atoms with E-state index in [1.54, 1.807) is 12.3 Å². The summed E-state index contributed by atoms with van der Waals surface area (Å²) in [5.41, 5.74) is 5.43. The van der Waals surface area contributed by atoms with Crippen LogP contribution in [0.3, 0.4) is 0 Å². The maximum Gasteiger partial charge on any atom is 0.274 e. The lowest BCUT2D eigenvalue weighted by Crippen LogP contribution is -2.14. The number of nitrogens with zero attached hydrogens (tertiary/aromatic N) is 2. The van der Waals surface area contributed by atoms with E-state index < -0.39 is 0 Å². The van der Waals surface area contributed by atoms with E-state index in [9.17, 15) is 4.79 Å². The van der Waals surface area contributed by atoms with Crippen molar-refractivity contribution in [2.75, 3.05) is 10.6 Å². The Kier molecular flexibility index (Phi) is 4.75. The van der Waals surface area contributed by atoms with Gasteiger partial charge in [0.05, 0.1) is 0 Å². The number of hydrogen-bond acceptors (Lipinski definition) is 4. The molecule has 0 aliphatic carbocycles. The SMILES string of the molecule is Cc1cc(C)c(Nc2nccc(C(=O)Nc3ccccc3)n2)c(C)c1. The number of aromatic nitrogens is 2. The Bertz CT molecular complexity index is 884. The predicted octanol–water partition coefficient (Wildman–Crippen LogP) is 4.40. The van der Waals surface area contributed by atoms with Gasteiger partial charge in [0.2, 0.25) is 5.95 Å². The zero-order valence-corrected chi connectivity index (χ0v) is 14.5. The monoisotopic (exact) mass is 332 g/mol. The Balaban J connectivity index is 1.81. The molecule has 0 spiro atoms. The molecule has 0 aliphatic heterocycles. The van der Waals surface area contributed by atoms with Crippen molar-refractivity contribution < 1.29 is 4.79 Å². The predicted molar refractivity (Wildman–Crippen MR) is 100 cm³/mol. The zero-order chi connectivity index (χ0) is 17.8. The van der Waals surface area contributed by atoms with Crippen LogP contribution in [0.5, 0.6) is 0 Å². The van der Waals surface area contributed by atoms with E-state index in [-0.39, 0.29) is 5.91 Å². The lowest BCUT2D eigenvalue weighted by molar-refractivity contribution is 0.102. The highest BCUT2D eigenvalue weighted by atomic mass is 16.1. The minimum atomic E-state index is -0.269. The summed E-state index contributed by atoms with van der Waals surface area (Å²) in [5.74, 6) is 0.129. The molecule has 3 aromatic rings. The number of amides is 1. The highest BCUT2D eigenvalue weighted by Crippen LogP contribution is 2.24. The third-order valence-corrected chi connectivity index (χ3v) is 3.83. The lowest BCUT2D eigenvalue weighted by Gasteiger charge is -2.13. The van der Waals surface area contributed by atoms with Gasteiger partial charge < -0.3 is 10.6 Å². The van der Waals surface area contributed by atoms with Crippen molar-refractivity contribution in [3.05, 3.63) is 77.1 Å². The first-order valence-electron chi connectivity index (χ1n) is 8.07. The van der Waals surface area contributed by atoms with E-state index in [4.69, 9.17) is 0 Å². The first-order chi connectivity index (χ1) is 12.0. The Labute approximate surface area is 147 Å². The number of anilines is 3. The van der Waals surface area contributed by atoms with Gasteiger partial charge in [0, 0.05) is 17.6 Å². The fourth-order valence-corrected chi connectivity index (χ4v) is 2.75. The number of aryl methyl sites for hydroxylation is 3. The van der Waals surface area contributed by atoms with E-state index in [1.807, 2.05) is 44.2 Å². The van der Waals surface area contributed by atoms with Gasteiger partial charge in [-0.2, -0.15) is 0 Å². The molecular formula is C20H20N4O. The van der Waals surface area contributed by atoms with Crippen molar-refractivity contribution in [3.63, 3.8) is 0 Å². The fraction of sp³-hybridized carbons (Fsp3) is 0.150. The van der Waals surface area contributed by atoms with Crippen molar-refractivity contribution in [2.24, 2.45) is 0 Å². The van der Waals surface area contributed by atoms with Crippen LogP contribution in [0.25, 0.3) is 0 Å². The molecule has 2 aromatic carbocycles. The average molecular weight is 332 g/mol. The molecule has 0 bridgehead atoms. The molecule has 1 heterocycles. The van der Waals surface area contributed by atoms with Crippen molar-refractivity contribution in [1.82, 2.24) is 9.97 Å². The Morgan fingerprint density at radius 3 is 2.32 bits per heavy atom. The second kappa shape index (κ2) is 7.13. The van der Waals surface area contributed by atoms with Gasteiger partial charge in [0.25, 0.3) is 5.91 Å². The van der Waals surface area contributed by atoms with Crippen molar-refractivity contribution in [3.8, 4) is 0 Å². The molecule has 126 valence electrons. The molecule has 1 aromatic heterocycles. The summed E-state index contributed by atoms with van der Waals surface area (Å²) in [4.78, 5) is 20.9. The summed E-state index contributed by atoms with van der Waals surface area (Å²) < 4.78 is 0. The number of nitrogens with one attached hydrogen (secondary N) is 2. The third kappa shape index (κ3) is 4.01. The third-order valence-electron chi connectivity index (χ3n) is 3.83. The summed E-state index contributed by atoms with van der Waals surface area (Å²) in [6.07, 6.45) is 1.58. The molecule has 3 rings (SSSR count). The molecule has 0 radical (unpaired) electrons. The van der Waals surface area contributed by atoms with Gasteiger partial charge in [0.1, 0.15) is 5.69 Å². The summed E-state index contributed by atoms with van der Waals surface area (Å²) in [6, 6.07) is 15.1. The van der Waals surface area contributed by atoms with Crippen LogP contribution in [0.4, 0.5) is 17.3 Å². The van der Waals surface area contributed by atoms with Crippen LogP contribution in [-0.4, -0.2) is 15.9 Å². The van der Waals surface area contributed by atoms with E-state index in [2.05, 4.69) is 39.7 Å². The standard InChI is InChI=1S/C20H20N4O/c1-13-11-14(2)18(15(3)12-13)24-20-21-10-9-17(23-20)19(25)22-16-7-5-4-6-8-16/h4-12H,1-3H3,(H,22,25)(H,21,23,24). The normalized spacial score (nSPS) is 10.4. The van der Waals surface area contributed by atoms with Gasteiger partial charge in [-0.3, -0.25) is 4.79 Å². The van der Waals surface area contributed by atoms with Crippen LogP contribution >= 0.6 is 0 Å². The van der Waals surface area contributed by atoms with Gasteiger partial charge >= 0.3 is 0 Å². The number of rotatable bonds is 4. The van der Waals surface area contributed by atoms with Crippen LogP contribution < -0.4 is 10.6 Å². The summed E-state index contributed by atoms with van der Waals surface area (Å²) in [5, 5.41) is 6.05. The number of carbonyl (C=O) groups is 1. The second-order valence-electron chi connectivity index (χ2n) is 5.98. The van der Waals surface area contributed by atoms with Crippen LogP contribution in [0.15, 0.2) is 54.7 Å². The number of para-hydroxylation sites is 1. The molecule has 0 aliphatic rings. The molecule has 5 heteroatoms. The average Bonchev–Trinajstić information content (AvgIpc) is 2.59. The summed E-state index contributed by atoms with van der Waals surface area (Å²) in [7, 11) is 0. The molecule has 0 saturated heterocycles. The van der Waals surface area contributed by atoms with Crippen molar-refractivity contribution in [1.29, 1.82) is 0 Å². The first-order valence-corrected chi connectivity index (χ1v) is 8.07. The van der Waals surface area contributed by atoms with Gasteiger partial charge in [-0.05, 0) is 50.1 Å². The summed E-state index contributed by atoms with van der Waals surface area (Å²) in [6.45, 7) is 6.14. The molecule has 2 N–H and O–H groups in total. The molecule has 0 unspecified atom stereocenters. The first kappa shape index (κ1) is 16.6. The van der Waals surface area contributed by atoms with Crippen molar-refractivity contribution in [2.45, 2.75) is 20.8 Å². The van der Waals surface area contributed by atoms with E-state index >= 15 is 0 Å². The molecule has 25 heavy (non-hydrogen) atoms. The molecular weight excluding hydrogens is 312 g/mol. The topological polar surface area (TPSA) is 66.9 Å². The van der Waals surface area contributed by atoms with Crippen LogP contribution in [0, 0.1) is 20.8 Å². The minimum Gasteiger partial charge on any atom is -0.324 e.